The lowest BCUT2D eigenvalue weighted by molar-refractivity contribution is 0.272. The third-order valence-electron chi connectivity index (χ3n) is 6.44. The third-order valence-corrected chi connectivity index (χ3v) is 7.64. The average Bonchev–Trinajstić information content (AvgIpc) is 3.24. The normalized spacial score (nSPS) is 11.0. The number of fused-ring (bicyclic) bond motifs is 1. The molecule has 3 aromatic carbocycles. The van der Waals surface area contributed by atoms with Gasteiger partial charge in [0.25, 0.3) is 11.6 Å². The first kappa shape index (κ1) is 33.6. The van der Waals surface area contributed by atoms with Crippen molar-refractivity contribution >= 4 is 68.2 Å². The standard InChI is InChI=1S/C17H12Cl2F3N3.C14H17IN2O2/c1-8-15(11-4-3-10(20)7-12(11)19)17(25(2)24-8)23-16-13(21)5-9(18)6-14(16)22;1-3-7-17-13(18)11-9-10(15)5-6-12(11)16-14(17)19-8-4-2/h3-7,23H,1-2H3;5-6,9H,3-4,7-8H2,1-2H3. The van der Waals surface area contributed by atoms with Crippen LogP contribution in [0.25, 0.3) is 22.0 Å². The Kier molecular flexibility index (Phi) is 11.2. The number of aromatic nitrogens is 4. The van der Waals surface area contributed by atoms with E-state index in [0.29, 0.717) is 52.7 Å². The maximum Gasteiger partial charge on any atom is 0.299 e. The lowest BCUT2D eigenvalue weighted by Gasteiger charge is -2.13. The highest BCUT2D eigenvalue weighted by molar-refractivity contribution is 14.1. The smallest absolute Gasteiger partial charge is 0.299 e. The van der Waals surface area contributed by atoms with E-state index >= 15 is 0 Å². The first-order valence-corrected chi connectivity index (χ1v) is 15.5. The molecule has 1 N–H and O–H groups in total. The highest BCUT2D eigenvalue weighted by Gasteiger charge is 2.21. The van der Waals surface area contributed by atoms with Crippen molar-refractivity contribution in [2.75, 3.05) is 11.9 Å². The number of rotatable bonds is 8. The van der Waals surface area contributed by atoms with Crippen LogP contribution in [0.4, 0.5) is 24.7 Å². The maximum atomic E-state index is 14.1. The predicted molar refractivity (Wildman–Crippen MR) is 178 cm³/mol. The molecule has 0 saturated heterocycles. The number of ether oxygens (including phenoxy) is 1. The van der Waals surface area contributed by atoms with E-state index in [1.807, 2.05) is 32.0 Å². The van der Waals surface area contributed by atoms with Crippen LogP contribution in [-0.4, -0.2) is 25.9 Å². The summed E-state index contributed by atoms with van der Waals surface area (Å²) in [6.07, 6.45) is 1.77. The van der Waals surface area contributed by atoms with Crippen molar-refractivity contribution in [3.63, 3.8) is 0 Å². The number of nitrogens with one attached hydrogen (secondary N) is 1. The molecule has 7 nitrogen and oxygen atoms in total. The molecule has 44 heavy (non-hydrogen) atoms. The Hall–Kier alpha value is -3.29. The minimum atomic E-state index is -0.847. The molecule has 2 aromatic heterocycles. The molecule has 0 radical (unpaired) electrons. The largest absolute Gasteiger partial charge is 0.465 e. The van der Waals surface area contributed by atoms with Crippen LogP contribution in [0.15, 0.2) is 53.3 Å². The molecule has 0 fully saturated rings. The van der Waals surface area contributed by atoms with Crippen LogP contribution >= 0.6 is 45.8 Å². The van der Waals surface area contributed by atoms with Crippen LogP contribution in [0.1, 0.15) is 32.4 Å². The van der Waals surface area contributed by atoms with Crippen LogP contribution < -0.4 is 15.6 Å². The lowest BCUT2D eigenvalue weighted by atomic mass is 10.1. The van der Waals surface area contributed by atoms with Crippen LogP contribution in [0.2, 0.25) is 10.0 Å². The van der Waals surface area contributed by atoms with Crippen LogP contribution in [-0.2, 0) is 13.6 Å². The van der Waals surface area contributed by atoms with Gasteiger partial charge in [0.2, 0.25) is 0 Å². The van der Waals surface area contributed by atoms with Gasteiger partial charge in [-0.05, 0) is 90.9 Å². The van der Waals surface area contributed by atoms with E-state index in [1.54, 1.807) is 18.5 Å². The van der Waals surface area contributed by atoms with Crippen molar-refractivity contribution in [2.24, 2.45) is 7.05 Å². The van der Waals surface area contributed by atoms with Gasteiger partial charge in [0, 0.05) is 33.3 Å². The molecule has 0 aliphatic heterocycles. The Balaban J connectivity index is 0.000000209. The summed E-state index contributed by atoms with van der Waals surface area (Å²) in [5, 5.41) is 7.73. The van der Waals surface area contributed by atoms with E-state index in [-0.39, 0.29) is 21.3 Å². The summed E-state index contributed by atoms with van der Waals surface area (Å²) >= 11 is 14.0. The van der Waals surface area contributed by atoms with Gasteiger partial charge in [0.15, 0.2) is 11.6 Å². The zero-order valence-corrected chi connectivity index (χ0v) is 28.0. The minimum Gasteiger partial charge on any atom is -0.465 e. The zero-order chi connectivity index (χ0) is 32.1. The number of anilines is 2. The van der Waals surface area contributed by atoms with Gasteiger partial charge in [-0.1, -0.05) is 37.0 Å². The van der Waals surface area contributed by atoms with Gasteiger partial charge < -0.3 is 10.1 Å². The van der Waals surface area contributed by atoms with Gasteiger partial charge in [-0.15, -0.1) is 0 Å². The second-order valence-electron chi connectivity index (χ2n) is 9.79. The van der Waals surface area contributed by atoms with Crippen molar-refractivity contribution in [3.8, 4) is 17.1 Å². The second-order valence-corrected chi connectivity index (χ2v) is 11.9. The predicted octanol–water partition coefficient (Wildman–Crippen LogP) is 9.06. The molecule has 0 amide bonds. The first-order valence-electron chi connectivity index (χ1n) is 13.7. The van der Waals surface area contributed by atoms with Crippen molar-refractivity contribution in [3.05, 3.63) is 95.6 Å². The van der Waals surface area contributed by atoms with E-state index in [1.165, 1.54) is 16.8 Å². The molecule has 0 aliphatic rings. The summed E-state index contributed by atoms with van der Waals surface area (Å²) in [7, 11) is 1.61. The highest BCUT2D eigenvalue weighted by Crippen LogP contribution is 2.38. The Morgan fingerprint density at radius 3 is 2.34 bits per heavy atom. The number of hydrogen-bond acceptors (Lipinski definition) is 5. The molecule has 5 rings (SSSR count). The first-order chi connectivity index (χ1) is 20.9. The summed E-state index contributed by atoms with van der Waals surface area (Å²) in [4.78, 5) is 17.0. The van der Waals surface area contributed by atoms with Gasteiger partial charge in [0.1, 0.15) is 17.3 Å². The second kappa shape index (κ2) is 14.7. The average molecular weight is 758 g/mol. The fourth-order valence-electron chi connectivity index (χ4n) is 4.49. The SMILES string of the molecule is CCCOc1nc2ccc(I)cc2c(=O)n1CCC.Cc1nn(C)c(Nc2c(F)cc(Cl)cc2F)c1-c1ccc(F)cc1Cl. The molecule has 5 aromatic rings. The molecule has 232 valence electrons. The monoisotopic (exact) mass is 757 g/mol. The third kappa shape index (κ3) is 7.49. The molecule has 13 heteroatoms. The Bertz CT molecular complexity index is 1860. The fraction of sp³-hybridized carbons (Fsp3) is 0.258. The van der Waals surface area contributed by atoms with Crippen molar-refractivity contribution in [2.45, 2.75) is 40.2 Å². The molecular weight excluding hydrogens is 729 g/mol. The summed E-state index contributed by atoms with van der Waals surface area (Å²) < 4.78 is 51.3. The Morgan fingerprint density at radius 1 is 1.00 bits per heavy atom. The van der Waals surface area contributed by atoms with Gasteiger partial charge in [0.05, 0.1) is 28.2 Å². The van der Waals surface area contributed by atoms with E-state index in [4.69, 9.17) is 27.9 Å². The zero-order valence-electron chi connectivity index (χ0n) is 24.3. The minimum absolute atomic E-state index is 0.0172. The summed E-state index contributed by atoms with van der Waals surface area (Å²) in [6, 6.07) is 12.0. The number of benzene rings is 3. The van der Waals surface area contributed by atoms with Crippen molar-refractivity contribution in [1.82, 2.24) is 19.3 Å². The molecule has 0 saturated carbocycles. The van der Waals surface area contributed by atoms with E-state index in [9.17, 15) is 18.0 Å². The highest BCUT2D eigenvalue weighted by atomic mass is 127. The maximum absolute atomic E-state index is 14.1. The molecule has 0 bridgehead atoms. The number of nitrogens with zero attached hydrogens (tertiary/aromatic N) is 4. The summed E-state index contributed by atoms with van der Waals surface area (Å²) in [5.74, 6) is -1.87. The van der Waals surface area contributed by atoms with Crippen LogP contribution in [0.5, 0.6) is 6.01 Å². The Morgan fingerprint density at radius 2 is 1.70 bits per heavy atom. The molecule has 0 aliphatic carbocycles. The summed E-state index contributed by atoms with van der Waals surface area (Å²) in [6.45, 7) is 6.99. The van der Waals surface area contributed by atoms with E-state index < -0.39 is 17.5 Å². The van der Waals surface area contributed by atoms with E-state index in [2.05, 4.69) is 38.0 Å². The van der Waals surface area contributed by atoms with Gasteiger partial charge in [-0.2, -0.15) is 10.1 Å². The molecule has 0 atom stereocenters. The molecular formula is C31H29Cl2F3IN5O2. The Labute approximate surface area is 276 Å². The number of halogens is 6. The van der Waals surface area contributed by atoms with Crippen molar-refractivity contribution < 1.29 is 17.9 Å². The molecule has 0 spiro atoms. The summed E-state index contributed by atoms with van der Waals surface area (Å²) in [5.41, 5.74) is 1.88. The van der Waals surface area contributed by atoms with Gasteiger partial charge in [-0.25, -0.2) is 13.2 Å². The van der Waals surface area contributed by atoms with Crippen molar-refractivity contribution in [1.29, 1.82) is 0 Å². The van der Waals surface area contributed by atoms with Crippen LogP contribution in [0, 0.1) is 27.9 Å². The quantitative estimate of drug-likeness (QED) is 0.160. The molecule has 0 unspecified atom stereocenters. The number of hydrogen-bond donors (Lipinski definition) is 1. The topological polar surface area (TPSA) is 74.0 Å². The fourth-order valence-corrected chi connectivity index (χ4v) is 5.44. The van der Waals surface area contributed by atoms with Gasteiger partial charge >= 0.3 is 0 Å². The lowest BCUT2D eigenvalue weighted by Crippen LogP contribution is -2.24. The van der Waals surface area contributed by atoms with Gasteiger partial charge in [-0.3, -0.25) is 14.0 Å². The van der Waals surface area contributed by atoms with Crippen LogP contribution in [0.3, 0.4) is 0 Å². The molecule has 2 heterocycles. The van der Waals surface area contributed by atoms with E-state index in [0.717, 1.165) is 34.6 Å². The number of aryl methyl sites for hydroxylation is 2.